The Hall–Kier alpha value is -6.60. The molecule has 0 fully saturated rings. The minimum atomic E-state index is 0.00825. The van der Waals surface area contributed by atoms with E-state index in [-0.39, 0.29) is 5.41 Å². The molecule has 4 aromatic heterocycles. The molecule has 0 radical (unpaired) electrons. The average Bonchev–Trinajstić information content (AvgIpc) is 4.03. The van der Waals surface area contributed by atoms with Crippen LogP contribution in [0.25, 0.3) is 87.0 Å². The van der Waals surface area contributed by atoms with E-state index in [2.05, 4.69) is 214 Å². The van der Waals surface area contributed by atoms with Crippen molar-refractivity contribution in [1.82, 2.24) is 9.13 Å². The van der Waals surface area contributed by atoms with E-state index in [4.69, 9.17) is 4.42 Å². The molecule has 4 heterocycles. The molecule has 0 amide bonds. The second kappa shape index (κ2) is 13.2. The second-order valence-electron chi connectivity index (χ2n) is 16.8. The number of nitrogens with zero attached hydrogens (tertiary/aromatic N) is 3. The normalized spacial score (nSPS) is 12.3. The maximum Gasteiger partial charge on any atom is 0.135 e. The Labute approximate surface area is 359 Å². The predicted octanol–water partition coefficient (Wildman–Crippen LogP) is 16.5. The minimum Gasteiger partial charge on any atom is -0.456 e. The molecule has 0 spiro atoms. The number of aromatic nitrogens is 2. The van der Waals surface area contributed by atoms with Crippen LogP contribution >= 0.6 is 27.3 Å². The quantitative estimate of drug-likeness (QED) is 0.172. The third-order valence-corrected chi connectivity index (χ3v) is 13.8. The Morgan fingerprint density at radius 2 is 1.20 bits per heavy atom. The standard InChI is InChI=1S/C54H38BrN3OS/c1-54(2,3)33-23-26-52-44(27-33)49(32-60-52)56(37-24-25-51-43(29-37)39-18-8-10-22-50(39)59-51)35-15-11-16-36(28-35)58-48-31-47-41(30-42(48)40-19-12-20-45(55)53(40)58)38-17-7-9-21-46(38)57(47)34-13-5-4-6-14-34/h4-32H,1-3H3. The number of para-hydroxylation sites is 4. The lowest BCUT2D eigenvalue weighted by Gasteiger charge is -2.26. The summed E-state index contributed by atoms with van der Waals surface area (Å²) in [6.45, 7) is 6.86. The smallest absolute Gasteiger partial charge is 0.135 e. The van der Waals surface area contributed by atoms with Gasteiger partial charge >= 0.3 is 0 Å². The van der Waals surface area contributed by atoms with Gasteiger partial charge in [0.15, 0.2) is 0 Å². The second-order valence-corrected chi connectivity index (χ2v) is 18.5. The van der Waals surface area contributed by atoms with Gasteiger partial charge in [-0.15, -0.1) is 11.3 Å². The number of benzene rings is 8. The van der Waals surface area contributed by atoms with Gasteiger partial charge in [0.2, 0.25) is 0 Å². The molecule has 60 heavy (non-hydrogen) atoms. The molecular weight excluding hydrogens is 819 g/mol. The lowest BCUT2D eigenvalue weighted by Crippen LogP contribution is -2.12. The van der Waals surface area contributed by atoms with Crippen molar-refractivity contribution in [3.63, 3.8) is 0 Å². The van der Waals surface area contributed by atoms with E-state index in [9.17, 15) is 0 Å². The molecule has 0 aliphatic carbocycles. The van der Waals surface area contributed by atoms with E-state index < -0.39 is 0 Å². The number of rotatable bonds is 5. The van der Waals surface area contributed by atoms with E-state index in [1.165, 1.54) is 48.2 Å². The van der Waals surface area contributed by atoms with E-state index in [1.54, 1.807) is 11.3 Å². The topological polar surface area (TPSA) is 26.2 Å². The van der Waals surface area contributed by atoms with E-state index in [0.29, 0.717) is 0 Å². The van der Waals surface area contributed by atoms with Crippen molar-refractivity contribution in [2.45, 2.75) is 26.2 Å². The van der Waals surface area contributed by atoms with Crippen LogP contribution in [0.1, 0.15) is 26.3 Å². The van der Waals surface area contributed by atoms with Crippen molar-refractivity contribution >= 4 is 120 Å². The molecule has 0 aliphatic heterocycles. The average molecular weight is 857 g/mol. The van der Waals surface area contributed by atoms with Gasteiger partial charge in [0.25, 0.3) is 0 Å². The molecule has 0 unspecified atom stereocenters. The SMILES string of the molecule is CC(C)(C)c1ccc2scc(N(c3cccc(-n4c5cc6c(cc5c5cccc(Br)c54)c4ccccc4n6-c4ccccc4)c3)c3ccc4oc5ccccc5c4c3)c2c1. The number of fused-ring (bicyclic) bond motifs is 10. The minimum absolute atomic E-state index is 0.00825. The third-order valence-electron chi connectivity index (χ3n) is 12.2. The van der Waals surface area contributed by atoms with Crippen LogP contribution in [0.15, 0.2) is 184 Å². The van der Waals surface area contributed by atoms with Crippen LogP contribution in [0.3, 0.4) is 0 Å². The number of halogens is 1. The van der Waals surface area contributed by atoms with Crippen molar-refractivity contribution in [1.29, 1.82) is 0 Å². The highest BCUT2D eigenvalue weighted by Crippen LogP contribution is 2.47. The van der Waals surface area contributed by atoms with Gasteiger partial charge in [-0.2, -0.15) is 0 Å². The zero-order valence-corrected chi connectivity index (χ0v) is 35.7. The first kappa shape index (κ1) is 35.4. The summed E-state index contributed by atoms with van der Waals surface area (Å²) in [5, 5.41) is 10.7. The highest BCUT2D eigenvalue weighted by Gasteiger charge is 2.24. The van der Waals surface area contributed by atoms with E-state index in [1.807, 2.05) is 12.1 Å². The van der Waals surface area contributed by atoms with Crippen LogP contribution in [0, 0.1) is 0 Å². The molecule has 6 heteroatoms. The molecule has 0 aliphatic rings. The summed E-state index contributed by atoms with van der Waals surface area (Å²) in [5.74, 6) is 0. The Morgan fingerprint density at radius 3 is 2.07 bits per heavy atom. The zero-order chi connectivity index (χ0) is 40.3. The molecule has 8 aromatic carbocycles. The first-order valence-electron chi connectivity index (χ1n) is 20.3. The van der Waals surface area contributed by atoms with Gasteiger partial charge in [-0.1, -0.05) is 99.6 Å². The molecule has 12 rings (SSSR count). The number of hydrogen-bond acceptors (Lipinski definition) is 3. The van der Waals surface area contributed by atoms with Crippen LogP contribution < -0.4 is 4.90 Å². The Balaban J connectivity index is 1.13. The van der Waals surface area contributed by atoms with Gasteiger partial charge in [-0.05, 0) is 118 Å². The zero-order valence-electron chi connectivity index (χ0n) is 33.3. The highest BCUT2D eigenvalue weighted by atomic mass is 79.9. The number of thiophene rings is 1. The number of anilines is 3. The molecule has 0 N–H and O–H groups in total. The fourth-order valence-corrected chi connectivity index (χ4v) is 10.8. The molecule has 4 nitrogen and oxygen atoms in total. The van der Waals surface area contributed by atoms with Gasteiger partial charge in [0.1, 0.15) is 11.2 Å². The van der Waals surface area contributed by atoms with Gasteiger partial charge < -0.3 is 18.5 Å². The Bertz CT molecular complexity index is 3670. The first-order valence-corrected chi connectivity index (χ1v) is 22.0. The summed E-state index contributed by atoms with van der Waals surface area (Å²) >= 11 is 5.82. The Kier molecular flexibility index (Phi) is 7.78. The molecule has 0 saturated carbocycles. The van der Waals surface area contributed by atoms with Crippen molar-refractivity contribution in [3.05, 3.63) is 185 Å². The van der Waals surface area contributed by atoms with Crippen molar-refractivity contribution in [2.24, 2.45) is 0 Å². The van der Waals surface area contributed by atoms with Crippen molar-refractivity contribution < 1.29 is 4.42 Å². The summed E-state index contributed by atoms with van der Waals surface area (Å²) in [7, 11) is 0. The van der Waals surface area contributed by atoms with E-state index in [0.717, 1.165) is 65.9 Å². The van der Waals surface area contributed by atoms with Crippen LogP contribution in [-0.2, 0) is 5.41 Å². The number of hydrogen-bond donors (Lipinski definition) is 0. The van der Waals surface area contributed by atoms with Crippen molar-refractivity contribution in [3.8, 4) is 11.4 Å². The van der Waals surface area contributed by atoms with Crippen LogP contribution in [0.4, 0.5) is 17.1 Å². The molecule has 0 atom stereocenters. The maximum atomic E-state index is 6.33. The summed E-state index contributed by atoms with van der Waals surface area (Å²) in [5.41, 5.74) is 13.3. The Morgan fingerprint density at radius 1 is 0.500 bits per heavy atom. The fraction of sp³-hybridized carbons (Fsp3) is 0.0741. The molecular formula is C54H38BrN3OS. The highest BCUT2D eigenvalue weighted by molar-refractivity contribution is 9.10. The number of furan rings is 1. The van der Waals surface area contributed by atoms with Gasteiger partial charge in [-0.3, -0.25) is 0 Å². The fourth-order valence-electron chi connectivity index (χ4n) is 9.32. The summed E-state index contributed by atoms with van der Waals surface area (Å²) in [4.78, 5) is 2.43. The maximum absolute atomic E-state index is 6.33. The molecule has 0 saturated heterocycles. The molecule has 0 bridgehead atoms. The lowest BCUT2D eigenvalue weighted by molar-refractivity contribution is 0.591. The third kappa shape index (κ3) is 5.34. The van der Waals surface area contributed by atoms with Crippen LogP contribution in [0.5, 0.6) is 0 Å². The summed E-state index contributed by atoms with van der Waals surface area (Å²) < 4.78 is 13.5. The summed E-state index contributed by atoms with van der Waals surface area (Å²) in [6, 6.07) is 61.8. The molecule has 12 aromatic rings. The van der Waals surface area contributed by atoms with Crippen molar-refractivity contribution in [2.75, 3.05) is 4.90 Å². The largest absolute Gasteiger partial charge is 0.456 e. The summed E-state index contributed by atoms with van der Waals surface area (Å²) in [6.07, 6.45) is 0. The van der Waals surface area contributed by atoms with Gasteiger partial charge in [0.05, 0.1) is 27.8 Å². The lowest BCUT2D eigenvalue weighted by atomic mass is 9.86. The molecule has 288 valence electrons. The van der Waals surface area contributed by atoms with Gasteiger partial charge in [-0.25, -0.2) is 0 Å². The van der Waals surface area contributed by atoms with Gasteiger partial charge in [0, 0.05) is 75.0 Å². The predicted molar refractivity (Wildman–Crippen MR) is 259 cm³/mol. The van der Waals surface area contributed by atoms with E-state index >= 15 is 0 Å². The monoisotopic (exact) mass is 855 g/mol. The first-order chi connectivity index (χ1) is 29.3. The van der Waals surface area contributed by atoms with Crippen LogP contribution in [0.2, 0.25) is 0 Å². The van der Waals surface area contributed by atoms with Crippen LogP contribution in [-0.4, -0.2) is 9.13 Å².